The van der Waals surface area contributed by atoms with Crippen LogP contribution in [0, 0.1) is 40.5 Å². The van der Waals surface area contributed by atoms with Gasteiger partial charge in [0.1, 0.15) is 6.61 Å². The number of alkyl halides is 3. The van der Waals surface area contributed by atoms with Crippen LogP contribution in [0.3, 0.4) is 0 Å². The summed E-state index contributed by atoms with van der Waals surface area (Å²) in [6, 6.07) is 0. The fourth-order valence-electron chi connectivity index (χ4n) is 3.05. The van der Waals surface area contributed by atoms with Gasteiger partial charge in [0.05, 0.1) is 23.7 Å². The largest absolute Gasteiger partial charge is 0.460 e. The van der Waals surface area contributed by atoms with E-state index in [0.29, 0.717) is 0 Å². The van der Waals surface area contributed by atoms with Crippen molar-refractivity contribution in [2.45, 2.75) is 33.2 Å². The number of halogens is 7. The van der Waals surface area contributed by atoms with E-state index in [9.17, 15) is 35.5 Å². The van der Waals surface area contributed by atoms with E-state index in [2.05, 4.69) is 4.74 Å². The Hall–Kier alpha value is -2.10. The van der Waals surface area contributed by atoms with Crippen LogP contribution >= 0.6 is 0 Å². The third-order valence-corrected chi connectivity index (χ3v) is 4.75. The van der Waals surface area contributed by atoms with Crippen LogP contribution in [-0.4, -0.2) is 19.3 Å². The summed E-state index contributed by atoms with van der Waals surface area (Å²) in [5.74, 6) is -9.63. The summed E-state index contributed by atoms with van der Waals surface area (Å²) in [7, 11) is 1.07. The quantitative estimate of drug-likeness (QED) is 0.290. The first-order valence-electron chi connectivity index (χ1n) is 8.08. The van der Waals surface area contributed by atoms with Crippen LogP contribution in [-0.2, 0) is 27.5 Å². The molecule has 0 spiro atoms. The van der Waals surface area contributed by atoms with Crippen LogP contribution in [0.15, 0.2) is 12.2 Å². The highest BCUT2D eigenvalue weighted by molar-refractivity contribution is 5.78. The van der Waals surface area contributed by atoms with E-state index >= 15 is 0 Å². The smallest absolute Gasteiger partial charge is 0.409 e. The van der Waals surface area contributed by atoms with Crippen molar-refractivity contribution in [1.82, 2.24) is 0 Å². The van der Waals surface area contributed by atoms with Crippen molar-refractivity contribution in [2.75, 3.05) is 7.11 Å². The lowest BCUT2D eigenvalue weighted by Gasteiger charge is -2.12. The molecule has 1 saturated carbocycles. The second-order valence-electron chi connectivity index (χ2n) is 6.98. The average molecular weight is 414 g/mol. The molecule has 2 rings (SSSR count). The monoisotopic (exact) mass is 414 g/mol. The molecule has 1 unspecified atom stereocenters. The Morgan fingerprint density at radius 1 is 1.00 bits per heavy atom. The highest BCUT2D eigenvalue weighted by Gasteiger charge is 2.61. The van der Waals surface area contributed by atoms with Crippen LogP contribution in [0.2, 0.25) is 0 Å². The van der Waals surface area contributed by atoms with Crippen molar-refractivity contribution in [3.8, 4) is 0 Å². The average Bonchev–Trinajstić information content (AvgIpc) is 3.15. The standard InChI is InChI=1S/C18H17F7O3/c1-17(2)10(4-5-18(23,24)25)11(17)16(26)28-7-9-14(21)12(19)8(6-27-3)13(20)15(9)22/h4-5,10-11H,6-7H2,1-3H3/t10?,11-/m0/s1. The number of hydrogen-bond acceptors (Lipinski definition) is 3. The van der Waals surface area contributed by atoms with Crippen LogP contribution in [0.25, 0.3) is 0 Å². The summed E-state index contributed by atoms with van der Waals surface area (Å²) in [5, 5.41) is 0. The van der Waals surface area contributed by atoms with Crippen molar-refractivity contribution in [3.05, 3.63) is 46.5 Å². The minimum atomic E-state index is -4.56. The molecule has 1 aliphatic carbocycles. The molecule has 1 aromatic rings. The second kappa shape index (κ2) is 7.73. The summed E-state index contributed by atoms with van der Waals surface area (Å²) in [6.45, 7) is 1.21. The molecule has 0 aromatic heterocycles. The van der Waals surface area contributed by atoms with E-state index in [1.54, 1.807) is 0 Å². The van der Waals surface area contributed by atoms with E-state index in [4.69, 9.17) is 4.74 Å². The van der Waals surface area contributed by atoms with Gasteiger partial charge >= 0.3 is 12.1 Å². The van der Waals surface area contributed by atoms with E-state index < -0.39 is 77.0 Å². The molecule has 156 valence electrons. The Bertz CT molecular complexity index is 770. The number of methoxy groups -OCH3 is 1. The summed E-state index contributed by atoms with van der Waals surface area (Å²) < 4.78 is 102. The van der Waals surface area contributed by atoms with Gasteiger partial charge in [0, 0.05) is 13.2 Å². The second-order valence-corrected chi connectivity index (χ2v) is 6.98. The van der Waals surface area contributed by atoms with E-state index in [0.717, 1.165) is 13.2 Å². The van der Waals surface area contributed by atoms with Gasteiger partial charge in [0.2, 0.25) is 0 Å². The maximum atomic E-state index is 14.0. The Labute approximate surface area is 156 Å². The van der Waals surface area contributed by atoms with Gasteiger partial charge < -0.3 is 9.47 Å². The van der Waals surface area contributed by atoms with Crippen LogP contribution in [0.5, 0.6) is 0 Å². The summed E-state index contributed by atoms with van der Waals surface area (Å²) in [5.41, 5.74) is -2.95. The third kappa shape index (κ3) is 4.31. The third-order valence-electron chi connectivity index (χ3n) is 4.75. The molecular formula is C18H17F7O3. The fraction of sp³-hybridized carbons (Fsp3) is 0.500. The molecule has 2 atom stereocenters. The number of ether oxygens (including phenoxy) is 2. The minimum absolute atomic E-state index is 0.00862. The molecule has 0 bridgehead atoms. The predicted molar refractivity (Wildman–Crippen MR) is 82.7 cm³/mol. The van der Waals surface area contributed by atoms with E-state index in [-0.39, 0.29) is 6.08 Å². The lowest BCUT2D eigenvalue weighted by molar-refractivity contribution is -0.147. The molecule has 1 aliphatic rings. The normalized spacial score (nSPS) is 21.2. The molecule has 0 aliphatic heterocycles. The number of benzene rings is 1. The van der Waals surface area contributed by atoms with Gasteiger partial charge in [-0.2, -0.15) is 13.2 Å². The molecule has 28 heavy (non-hydrogen) atoms. The van der Waals surface area contributed by atoms with Gasteiger partial charge in [-0.25, -0.2) is 17.6 Å². The molecule has 0 N–H and O–H groups in total. The Kier molecular flexibility index (Phi) is 6.13. The van der Waals surface area contributed by atoms with Gasteiger partial charge in [0.25, 0.3) is 0 Å². The molecule has 0 radical (unpaired) electrons. The van der Waals surface area contributed by atoms with Crippen molar-refractivity contribution in [1.29, 1.82) is 0 Å². The maximum absolute atomic E-state index is 14.0. The zero-order valence-corrected chi connectivity index (χ0v) is 15.1. The first kappa shape index (κ1) is 22.2. The topological polar surface area (TPSA) is 35.5 Å². The molecule has 0 saturated heterocycles. The molecule has 0 heterocycles. The van der Waals surface area contributed by atoms with Crippen molar-refractivity contribution < 1.29 is 45.0 Å². The van der Waals surface area contributed by atoms with Gasteiger partial charge in [-0.05, 0) is 11.3 Å². The van der Waals surface area contributed by atoms with Crippen LogP contribution in [0.4, 0.5) is 30.7 Å². The number of rotatable bonds is 6. The maximum Gasteiger partial charge on any atom is 0.409 e. The van der Waals surface area contributed by atoms with Crippen molar-refractivity contribution in [2.24, 2.45) is 17.3 Å². The molecular weight excluding hydrogens is 397 g/mol. The van der Waals surface area contributed by atoms with Crippen molar-refractivity contribution in [3.63, 3.8) is 0 Å². The SMILES string of the molecule is COCc1c(F)c(F)c(COC(=O)[C@@H]2C(C=CC(F)(F)F)C2(C)C)c(F)c1F. The van der Waals surface area contributed by atoms with Gasteiger partial charge in [-0.1, -0.05) is 19.9 Å². The number of allylic oxidation sites excluding steroid dienone is 2. The Morgan fingerprint density at radius 3 is 1.89 bits per heavy atom. The number of hydrogen-bond donors (Lipinski definition) is 0. The number of esters is 1. The molecule has 1 aromatic carbocycles. The Morgan fingerprint density at radius 2 is 1.46 bits per heavy atom. The van der Waals surface area contributed by atoms with Gasteiger partial charge in [-0.15, -0.1) is 0 Å². The van der Waals surface area contributed by atoms with E-state index in [1.165, 1.54) is 13.8 Å². The summed E-state index contributed by atoms with van der Waals surface area (Å²) in [4.78, 5) is 12.1. The van der Waals surface area contributed by atoms with Crippen molar-refractivity contribution >= 4 is 5.97 Å². The lowest BCUT2D eigenvalue weighted by atomic mass is 10.1. The fourth-order valence-corrected chi connectivity index (χ4v) is 3.05. The minimum Gasteiger partial charge on any atom is -0.460 e. The number of carbonyl (C=O) groups is 1. The first-order valence-corrected chi connectivity index (χ1v) is 8.08. The van der Waals surface area contributed by atoms with Gasteiger partial charge in [-0.3, -0.25) is 4.79 Å². The number of carbonyl (C=O) groups excluding carboxylic acids is 1. The molecule has 0 amide bonds. The predicted octanol–water partition coefficient (Wildman–Crippen LogP) is 4.82. The first-order chi connectivity index (χ1) is 12.8. The highest BCUT2D eigenvalue weighted by Crippen LogP contribution is 2.59. The summed E-state index contributed by atoms with van der Waals surface area (Å²) >= 11 is 0. The molecule has 3 nitrogen and oxygen atoms in total. The molecule has 10 heteroatoms. The zero-order chi connectivity index (χ0) is 21.4. The molecule has 1 fully saturated rings. The zero-order valence-electron chi connectivity index (χ0n) is 15.1. The van der Waals surface area contributed by atoms with Crippen LogP contribution in [0.1, 0.15) is 25.0 Å². The van der Waals surface area contributed by atoms with Gasteiger partial charge in [0.15, 0.2) is 23.3 Å². The summed E-state index contributed by atoms with van der Waals surface area (Å²) in [6.07, 6.45) is -3.75. The lowest BCUT2D eigenvalue weighted by Crippen LogP contribution is -2.15. The Balaban J connectivity index is 2.15. The van der Waals surface area contributed by atoms with Crippen LogP contribution < -0.4 is 0 Å². The van der Waals surface area contributed by atoms with E-state index in [1.807, 2.05) is 0 Å². The highest BCUT2D eigenvalue weighted by atomic mass is 19.4.